The highest BCUT2D eigenvalue weighted by Crippen LogP contribution is 2.35. The Morgan fingerprint density at radius 3 is 2.56 bits per heavy atom. The van der Waals surface area contributed by atoms with E-state index in [0.29, 0.717) is 13.2 Å². The molecule has 0 aromatic heterocycles. The molecular formula is C12H14N2O2. The molecule has 0 bridgehead atoms. The average molecular weight is 218 g/mol. The van der Waals surface area contributed by atoms with Gasteiger partial charge in [0.25, 0.3) is 0 Å². The monoisotopic (exact) mass is 218 g/mol. The van der Waals surface area contributed by atoms with Crippen LogP contribution in [0, 0.1) is 0 Å². The molecule has 1 saturated heterocycles. The molecule has 1 aromatic rings. The zero-order valence-electron chi connectivity index (χ0n) is 8.95. The molecule has 0 unspecified atom stereocenters. The quantitative estimate of drug-likeness (QED) is 0.695. The fraction of sp³-hybridized carbons (Fsp3) is 0.417. The van der Waals surface area contributed by atoms with Crippen LogP contribution in [-0.4, -0.2) is 24.7 Å². The normalized spacial score (nSPS) is 22.1. The van der Waals surface area contributed by atoms with Crippen molar-refractivity contribution in [2.45, 2.75) is 18.4 Å². The third-order valence-corrected chi connectivity index (χ3v) is 3.33. The van der Waals surface area contributed by atoms with Crippen LogP contribution in [0.5, 0.6) is 0 Å². The molecule has 3 rings (SSSR count). The second kappa shape index (κ2) is 3.49. The summed E-state index contributed by atoms with van der Waals surface area (Å²) in [5, 5.41) is 6.33. The van der Waals surface area contributed by atoms with Crippen LogP contribution in [0.3, 0.4) is 0 Å². The van der Waals surface area contributed by atoms with Crippen molar-refractivity contribution < 1.29 is 9.53 Å². The maximum Gasteiger partial charge on any atom is 0.250 e. The van der Waals surface area contributed by atoms with Crippen molar-refractivity contribution in [3.63, 3.8) is 0 Å². The van der Waals surface area contributed by atoms with Crippen molar-refractivity contribution in [1.29, 1.82) is 0 Å². The first-order valence-electron chi connectivity index (χ1n) is 5.57. The van der Waals surface area contributed by atoms with Crippen LogP contribution in [0.25, 0.3) is 0 Å². The first kappa shape index (κ1) is 9.66. The van der Waals surface area contributed by atoms with Gasteiger partial charge in [-0.3, -0.25) is 4.79 Å². The van der Waals surface area contributed by atoms with Gasteiger partial charge in [-0.25, -0.2) is 0 Å². The summed E-state index contributed by atoms with van der Waals surface area (Å²) in [7, 11) is 0. The van der Waals surface area contributed by atoms with Crippen LogP contribution in [0.1, 0.15) is 12.8 Å². The van der Waals surface area contributed by atoms with E-state index in [-0.39, 0.29) is 5.91 Å². The summed E-state index contributed by atoms with van der Waals surface area (Å²) < 4.78 is 5.31. The lowest BCUT2D eigenvalue weighted by Crippen LogP contribution is -2.55. The Bertz CT molecular complexity index is 425. The molecule has 1 fully saturated rings. The van der Waals surface area contributed by atoms with Crippen molar-refractivity contribution >= 4 is 17.3 Å². The van der Waals surface area contributed by atoms with Gasteiger partial charge in [0.1, 0.15) is 5.54 Å². The summed E-state index contributed by atoms with van der Waals surface area (Å²) >= 11 is 0. The first-order chi connectivity index (χ1) is 7.80. The third kappa shape index (κ3) is 1.38. The summed E-state index contributed by atoms with van der Waals surface area (Å²) in [6.45, 7) is 1.28. The van der Waals surface area contributed by atoms with Crippen molar-refractivity contribution in [1.82, 2.24) is 0 Å². The van der Waals surface area contributed by atoms with Crippen molar-refractivity contribution in [2.75, 3.05) is 23.8 Å². The molecule has 84 valence electrons. The van der Waals surface area contributed by atoms with Crippen LogP contribution < -0.4 is 10.6 Å². The van der Waals surface area contributed by atoms with E-state index in [1.54, 1.807) is 0 Å². The maximum atomic E-state index is 12.1. The highest BCUT2D eigenvalue weighted by Gasteiger charge is 2.42. The largest absolute Gasteiger partial charge is 0.381 e. The van der Waals surface area contributed by atoms with Crippen molar-refractivity contribution in [3.8, 4) is 0 Å². The van der Waals surface area contributed by atoms with E-state index in [1.807, 2.05) is 24.3 Å². The second-order valence-corrected chi connectivity index (χ2v) is 4.32. The molecule has 2 heterocycles. The highest BCUT2D eigenvalue weighted by molar-refractivity contribution is 6.06. The Hall–Kier alpha value is -1.55. The number of hydrogen-bond donors (Lipinski definition) is 2. The predicted molar refractivity (Wildman–Crippen MR) is 61.5 cm³/mol. The number of fused-ring (bicyclic) bond motifs is 1. The van der Waals surface area contributed by atoms with Gasteiger partial charge in [-0.15, -0.1) is 0 Å². The summed E-state index contributed by atoms with van der Waals surface area (Å²) in [4.78, 5) is 12.1. The number of hydrogen-bond acceptors (Lipinski definition) is 3. The molecular weight excluding hydrogens is 204 g/mol. The standard InChI is InChI=1S/C12H14N2O2/c15-11-12(5-7-16-8-6-12)14-10-4-2-1-3-9(10)13-11/h1-4,14H,5-8H2,(H,13,15). The Kier molecular flexibility index (Phi) is 2.11. The van der Waals surface area contributed by atoms with Gasteiger partial charge in [-0.05, 0) is 12.1 Å². The van der Waals surface area contributed by atoms with Crippen molar-refractivity contribution in [2.24, 2.45) is 0 Å². The molecule has 1 amide bonds. The topological polar surface area (TPSA) is 50.4 Å². The number of carbonyl (C=O) groups is 1. The summed E-state index contributed by atoms with van der Waals surface area (Å²) in [5.41, 5.74) is 1.40. The number of ether oxygens (including phenoxy) is 1. The van der Waals surface area contributed by atoms with E-state index in [9.17, 15) is 4.79 Å². The van der Waals surface area contributed by atoms with E-state index < -0.39 is 5.54 Å². The van der Waals surface area contributed by atoms with Crippen LogP contribution in [0.15, 0.2) is 24.3 Å². The van der Waals surface area contributed by atoms with Crippen molar-refractivity contribution in [3.05, 3.63) is 24.3 Å². The predicted octanol–water partition coefficient (Wildman–Crippen LogP) is 1.60. The lowest BCUT2D eigenvalue weighted by molar-refractivity contribution is -0.123. The van der Waals surface area contributed by atoms with Crippen LogP contribution >= 0.6 is 0 Å². The number of anilines is 2. The number of amides is 1. The summed E-state index contributed by atoms with van der Waals surface area (Å²) in [5.74, 6) is 0.0644. The molecule has 0 saturated carbocycles. The second-order valence-electron chi connectivity index (χ2n) is 4.32. The third-order valence-electron chi connectivity index (χ3n) is 3.33. The summed E-state index contributed by atoms with van der Waals surface area (Å²) in [6.07, 6.45) is 1.46. The lowest BCUT2D eigenvalue weighted by Gasteiger charge is -2.41. The van der Waals surface area contributed by atoms with Crippen LogP contribution in [0.4, 0.5) is 11.4 Å². The molecule has 16 heavy (non-hydrogen) atoms. The molecule has 1 spiro atoms. The Morgan fingerprint density at radius 2 is 1.81 bits per heavy atom. The molecule has 4 nitrogen and oxygen atoms in total. The number of benzene rings is 1. The fourth-order valence-electron chi connectivity index (χ4n) is 2.33. The molecule has 2 aliphatic heterocycles. The van der Waals surface area contributed by atoms with Gasteiger partial charge in [0.2, 0.25) is 5.91 Å². The van der Waals surface area contributed by atoms with E-state index in [4.69, 9.17) is 4.74 Å². The van der Waals surface area contributed by atoms with E-state index >= 15 is 0 Å². The zero-order chi connectivity index (χ0) is 11.0. The fourth-order valence-corrected chi connectivity index (χ4v) is 2.33. The van der Waals surface area contributed by atoms with Crippen LogP contribution in [-0.2, 0) is 9.53 Å². The van der Waals surface area contributed by atoms with Gasteiger partial charge in [0.05, 0.1) is 11.4 Å². The molecule has 0 atom stereocenters. The van der Waals surface area contributed by atoms with E-state index in [1.165, 1.54) is 0 Å². The number of nitrogens with one attached hydrogen (secondary N) is 2. The molecule has 2 aliphatic rings. The lowest BCUT2D eigenvalue weighted by atomic mass is 9.87. The highest BCUT2D eigenvalue weighted by atomic mass is 16.5. The van der Waals surface area contributed by atoms with Crippen LogP contribution in [0.2, 0.25) is 0 Å². The zero-order valence-corrected chi connectivity index (χ0v) is 8.95. The molecule has 4 heteroatoms. The molecule has 0 radical (unpaired) electrons. The van der Waals surface area contributed by atoms with E-state index in [0.717, 1.165) is 24.2 Å². The van der Waals surface area contributed by atoms with Gasteiger partial charge in [-0.2, -0.15) is 0 Å². The minimum atomic E-state index is -0.466. The average Bonchev–Trinajstić information content (AvgIpc) is 2.32. The number of rotatable bonds is 0. The van der Waals surface area contributed by atoms with Gasteiger partial charge >= 0.3 is 0 Å². The molecule has 2 N–H and O–H groups in total. The van der Waals surface area contributed by atoms with E-state index in [2.05, 4.69) is 10.6 Å². The maximum absolute atomic E-state index is 12.1. The minimum absolute atomic E-state index is 0.0644. The molecule has 0 aliphatic carbocycles. The number of carbonyl (C=O) groups excluding carboxylic acids is 1. The smallest absolute Gasteiger partial charge is 0.250 e. The Labute approximate surface area is 94.0 Å². The Morgan fingerprint density at radius 1 is 1.12 bits per heavy atom. The molecule has 1 aromatic carbocycles. The van der Waals surface area contributed by atoms with Gasteiger partial charge in [0.15, 0.2) is 0 Å². The van der Waals surface area contributed by atoms with Gasteiger partial charge < -0.3 is 15.4 Å². The van der Waals surface area contributed by atoms with Gasteiger partial charge in [0, 0.05) is 26.1 Å². The SMILES string of the molecule is O=C1Nc2ccccc2NC12CCOCC2. The Balaban J connectivity index is 1.97. The summed E-state index contributed by atoms with van der Waals surface area (Å²) in [6, 6.07) is 7.79. The van der Waals surface area contributed by atoms with Gasteiger partial charge in [-0.1, -0.05) is 12.1 Å². The minimum Gasteiger partial charge on any atom is -0.381 e. The number of para-hydroxylation sites is 2. The first-order valence-corrected chi connectivity index (χ1v) is 5.57.